The number of benzene rings is 2. The van der Waals surface area contributed by atoms with E-state index in [-0.39, 0.29) is 5.91 Å². The van der Waals surface area contributed by atoms with Crippen molar-refractivity contribution in [3.8, 4) is 0 Å². The molecule has 1 fully saturated rings. The van der Waals surface area contributed by atoms with E-state index in [1.807, 2.05) is 18.2 Å². The van der Waals surface area contributed by atoms with Crippen LogP contribution in [0.1, 0.15) is 18.4 Å². The van der Waals surface area contributed by atoms with Crippen LogP contribution in [-0.2, 0) is 11.2 Å². The lowest BCUT2D eigenvalue weighted by atomic mass is 10.2. The van der Waals surface area contributed by atoms with Crippen molar-refractivity contribution in [2.45, 2.75) is 19.3 Å². The van der Waals surface area contributed by atoms with Crippen LogP contribution in [0.25, 0.3) is 0 Å². The van der Waals surface area contributed by atoms with Crippen LogP contribution >= 0.6 is 0 Å². The molecule has 2 heterocycles. The van der Waals surface area contributed by atoms with Gasteiger partial charge >= 0.3 is 0 Å². The number of amides is 1. The Morgan fingerprint density at radius 1 is 0.958 bits per heavy atom. The summed E-state index contributed by atoms with van der Waals surface area (Å²) in [6.07, 6.45) is 3.57. The summed E-state index contributed by atoms with van der Waals surface area (Å²) in [5, 5.41) is 3.02. The third kappa shape index (κ3) is 3.09. The van der Waals surface area contributed by atoms with Gasteiger partial charge in [0.25, 0.3) is 0 Å². The zero-order chi connectivity index (χ0) is 16.4. The Hall–Kier alpha value is -2.49. The molecule has 1 N–H and O–H groups in total. The zero-order valence-electron chi connectivity index (χ0n) is 13.9. The average Bonchev–Trinajstić information content (AvgIpc) is 3.26. The highest BCUT2D eigenvalue weighted by molar-refractivity contribution is 5.94. The van der Waals surface area contributed by atoms with Gasteiger partial charge in [-0.25, -0.2) is 0 Å². The minimum absolute atomic E-state index is 0.0422. The molecule has 24 heavy (non-hydrogen) atoms. The summed E-state index contributed by atoms with van der Waals surface area (Å²) in [6, 6.07) is 16.5. The lowest BCUT2D eigenvalue weighted by molar-refractivity contribution is -0.115. The molecule has 4 heteroatoms. The Morgan fingerprint density at radius 2 is 1.71 bits per heavy atom. The molecular weight excluding hydrogens is 298 g/mol. The lowest BCUT2D eigenvalue weighted by Crippen LogP contribution is -2.31. The Bertz CT molecular complexity index is 720. The number of fused-ring (bicyclic) bond motifs is 1. The van der Waals surface area contributed by atoms with E-state index >= 15 is 0 Å². The van der Waals surface area contributed by atoms with Gasteiger partial charge in [0.05, 0.1) is 6.54 Å². The van der Waals surface area contributed by atoms with Gasteiger partial charge in [-0.1, -0.05) is 18.2 Å². The first-order chi connectivity index (χ1) is 11.8. The molecule has 4 nitrogen and oxygen atoms in total. The fourth-order valence-electron chi connectivity index (χ4n) is 3.68. The van der Waals surface area contributed by atoms with Gasteiger partial charge in [-0.15, -0.1) is 0 Å². The van der Waals surface area contributed by atoms with Crippen molar-refractivity contribution in [2.75, 3.05) is 41.3 Å². The smallest absolute Gasteiger partial charge is 0.243 e. The molecule has 0 unspecified atom stereocenters. The van der Waals surface area contributed by atoms with E-state index in [0.29, 0.717) is 6.54 Å². The fourth-order valence-corrected chi connectivity index (χ4v) is 3.68. The van der Waals surface area contributed by atoms with E-state index in [0.717, 1.165) is 31.7 Å². The van der Waals surface area contributed by atoms with Crippen molar-refractivity contribution in [1.82, 2.24) is 0 Å². The molecular formula is C20H23N3O. The maximum Gasteiger partial charge on any atom is 0.243 e. The fraction of sp³-hybridized carbons (Fsp3) is 0.350. The van der Waals surface area contributed by atoms with Crippen molar-refractivity contribution < 1.29 is 4.79 Å². The largest absolute Gasteiger partial charge is 0.372 e. The van der Waals surface area contributed by atoms with Gasteiger partial charge in [0.1, 0.15) is 0 Å². The molecule has 1 amide bonds. The molecule has 0 radical (unpaired) electrons. The van der Waals surface area contributed by atoms with Crippen LogP contribution in [0.2, 0.25) is 0 Å². The summed E-state index contributed by atoms with van der Waals surface area (Å²) in [4.78, 5) is 16.9. The average molecular weight is 321 g/mol. The monoisotopic (exact) mass is 321 g/mol. The van der Waals surface area contributed by atoms with Crippen LogP contribution in [0.5, 0.6) is 0 Å². The predicted molar refractivity (Wildman–Crippen MR) is 98.9 cm³/mol. The normalized spacial score (nSPS) is 16.3. The van der Waals surface area contributed by atoms with Crippen LogP contribution in [0.15, 0.2) is 48.5 Å². The molecule has 2 aliphatic rings. The van der Waals surface area contributed by atoms with Gasteiger partial charge in [-0.3, -0.25) is 4.79 Å². The molecule has 0 bridgehead atoms. The third-order valence-corrected chi connectivity index (χ3v) is 4.94. The number of carbonyl (C=O) groups is 1. The maximum absolute atomic E-state index is 12.4. The minimum Gasteiger partial charge on any atom is -0.372 e. The first-order valence-corrected chi connectivity index (χ1v) is 8.77. The molecule has 124 valence electrons. The Balaban J connectivity index is 1.36. The first kappa shape index (κ1) is 15.1. The number of hydrogen-bond acceptors (Lipinski definition) is 3. The van der Waals surface area contributed by atoms with Crippen LogP contribution in [0, 0.1) is 0 Å². The molecule has 0 aromatic heterocycles. The quantitative estimate of drug-likeness (QED) is 0.938. The molecule has 4 rings (SSSR count). The highest BCUT2D eigenvalue weighted by Crippen LogP contribution is 2.27. The van der Waals surface area contributed by atoms with Crippen molar-refractivity contribution in [3.63, 3.8) is 0 Å². The van der Waals surface area contributed by atoms with E-state index in [4.69, 9.17) is 0 Å². The number of hydrogen-bond donors (Lipinski definition) is 1. The number of carbonyl (C=O) groups excluding carboxylic acids is 1. The molecule has 2 aromatic carbocycles. The van der Waals surface area contributed by atoms with E-state index < -0.39 is 0 Å². The van der Waals surface area contributed by atoms with Crippen LogP contribution in [0.3, 0.4) is 0 Å². The van der Waals surface area contributed by atoms with Crippen molar-refractivity contribution in [1.29, 1.82) is 0 Å². The summed E-state index contributed by atoms with van der Waals surface area (Å²) in [6.45, 7) is 3.60. The first-order valence-electron chi connectivity index (χ1n) is 8.77. The predicted octanol–water partition coefficient (Wildman–Crippen LogP) is 3.29. The van der Waals surface area contributed by atoms with Crippen LogP contribution < -0.4 is 15.1 Å². The summed E-state index contributed by atoms with van der Waals surface area (Å²) >= 11 is 0. The summed E-state index contributed by atoms with van der Waals surface area (Å²) in [7, 11) is 0. The highest BCUT2D eigenvalue weighted by atomic mass is 16.2. The third-order valence-electron chi connectivity index (χ3n) is 4.94. The molecule has 2 aliphatic heterocycles. The zero-order valence-corrected chi connectivity index (χ0v) is 13.9. The van der Waals surface area contributed by atoms with Gasteiger partial charge in [0.15, 0.2) is 0 Å². The topological polar surface area (TPSA) is 35.6 Å². The second-order valence-electron chi connectivity index (χ2n) is 6.59. The van der Waals surface area contributed by atoms with Gasteiger partial charge < -0.3 is 15.1 Å². The van der Waals surface area contributed by atoms with E-state index in [1.165, 1.54) is 29.8 Å². The Kier molecular flexibility index (Phi) is 4.11. The SMILES string of the molecule is O=C(CN1CCc2ccccc21)Nc1ccc(N2CCCC2)cc1. The molecule has 0 spiro atoms. The molecule has 0 saturated carbocycles. The van der Waals surface area contributed by atoms with Gasteiger partial charge in [-0.05, 0) is 55.2 Å². The van der Waals surface area contributed by atoms with Crippen LogP contribution in [0.4, 0.5) is 17.1 Å². The highest BCUT2D eigenvalue weighted by Gasteiger charge is 2.20. The number of anilines is 3. The van der Waals surface area contributed by atoms with Gasteiger partial charge in [-0.2, -0.15) is 0 Å². The summed E-state index contributed by atoms with van der Waals surface area (Å²) in [5.41, 5.74) is 4.65. The number of nitrogens with one attached hydrogen (secondary N) is 1. The van der Waals surface area contributed by atoms with Gasteiger partial charge in [0.2, 0.25) is 5.91 Å². The molecule has 1 saturated heterocycles. The van der Waals surface area contributed by atoms with E-state index in [2.05, 4.69) is 45.4 Å². The Morgan fingerprint density at radius 3 is 2.50 bits per heavy atom. The second kappa shape index (κ2) is 6.56. The second-order valence-corrected chi connectivity index (χ2v) is 6.59. The van der Waals surface area contributed by atoms with E-state index in [9.17, 15) is 4.79 Å². The lowest BCUT2D eigenvalue weighted by Gasteiger charge is -2.20. The molecule has 0 aliphatic carbocycles. The van der Waals surface area contributed by atoms with Crippen molar-refractivity contribution in [2.24, 2.45) is 0 Å². The van der Waals surface area contributed by atoms with Crippen molar-refractivity contribution in [3.05, 3.63) is 54.1 Å². The maximum atomic E-state index is 12.4. The summed E-state index contributed by atoms with van der Waals surface area (Å²) in [5.74, 6) is 0.0422. The van der Waals surface area contributed by atoms with Gasteiger partial charge in [0, 0.05) is 36.7 Å². The van der Waals surface area contributed by atoms with Crippen molar-refractivity contribution >= 4 is 23.0 Å². The van der Waals surface area contributed by atoms with Crippen LogP contribution in [-0.4, -0.2) is 32.1 Å². The van der Waals surface area contributed by atoms with E-state index in [1.54, 1.807) is 0 Å². The standard InChI is InChI=1S/C20H23N3O/c24-20(15-23-14-11-16-5-1-2-6-19(16)23)21-17-7-9-18(10-8-17)22-12-3-4-13-22/h1-2,5-10H,3-4,11-15H2,(H,21,24). The number of nitrogens with zero attached hydrogens (tertiary/aromatic N) is 2. The minimum atomic E-state index is 0.0422. The molecule has 0 atom stereocenters. The number of rotatable bonds is 4. The molecule has 2 aromatic rings. The Labute approximate surface area is 143 Å². The summed E-state index contributed by atoms with van der Waals surface area (Å²) < 4.78 is 0. The number of para-hydroxylation sites is 1.